The molecule has 0 aliphatic carbocycles. The van der Waals surface area contributed by atoms with Crippen LogP contribution in [0.1, 0.15) is 39.7 Å². The molecule has 1 aliphatic rings. The summed E-state index contributed by atoms with van der Waals surface area (Å²) in [6.07, 6.45) is 1.35. The Kier molecular flexibility index (Phi) is 4.88. The van der Waals surface area contributed by atoms with Crippen LogP contribution < -0.4 is 15.4 Å². The van der Waals surface area contributed by atoms with Gasteiger partial charge in [0.1, 0.15) is 5.75 Å². The molecule has 1 amide bonds. The van der Waals surface area contributed by atoms with Crippen molar-refractivity contribution in [2.24, 2.45) is 5.92 Å². The van der Waals surface area contributed by atoms with E-state index < -0.39 is 0 Å². The highest BCUT2D eigenvalue weighted by Crippen LogP contribution is 2.26. The molecule has 116 valence electrons. The molecule has 0 saturated heterocycles. The lowest BCUT2D eigenvalue weighted by molar-refractivity contribution is -0.116. The number of carbonyl (C=O) groups is 1. The minimum atomic E-state index is 0.0954. The number of amides is 1. The molecule has 2 N–H and O–H groups in total. The number of rotatable bonds is 5. The highest BCUT2D eigenvalue weighted by atomic mass is 16.5. The maximum Gasteiger partial charge on any atom is 0.224 e. The van der Waals surface area contributed by atoms with Gasteiger partial charge in [0, 0.05) is 30.1 Å². The summed E-state index contributed by atoms with van der Waals surface area (Å²) in [7, 11) is 0. The van der Waals surface area contributed by atoms with Crippen LogP contribution in [0.5, 0.6) is 5.75 Å². The summed E-state index contributed by atoms with van der Waals surface area (Å²) in [5, 5.41) is 6.37. The molecule has 1 heterocycles. The molecule has 1 aromatic carbocycles. The lowest BCUT2D eigenvalue weighted by atomic mass is 10.0. The van der Waals surface area contributed by atoms with Crippen molar-refractivity contribution < 1.29 is 9.53 Å². The highest BCUT2D eigenvalue weighted by Gasteiger charge is 2.15. The van der Waals surface area contributed by atoms with E-state index in [0.717, 1.165) is 30.0 Å². The number of hydrogen-bond donors (Lipinski definition) is 2. The Hall–Kier alpha value is -1.55. The van der Waals surface area contributed by atoms with Gasteiger partial charge in [0.2, 0.25) is 5.91 Å². The molecule has 21 heavy (non-hydrogen) atoms. The first kappa shape index (κ1) is 15.8. The standard InChI is InChI=1S/C17H26N2O2/c1-12(10-18-17(2,3)4)11-21-14-6-7-15-13(9-14)5-8-16(20)19-15/h6-7,9,12,18H,5,8,10-11H2,1-4H3,(H,19,20). The first-order valence-electron chi connectivity index (χ1n) is 7.64. The summed E-state index contributed by atoms with van der Waals surface area (Å²) in [5.41, 5.74) is 2.21. The Bertz CT molecular complexity index is 506. The third-order valence-electron chi connectivity index (χ3n) is 3.49. The zero-order valence-electron chi connectivity index (χ0n) is 13.5. The molecule has 0 bridgehead atoms. The van der Waals surface area contributed by atoms with Crippen molar-refractivity contribution in [1.82, 2.24) is 5.32 Å². The van der Waals surface area contributed by atoms with Crippen LogP contribution in [0.3, 0.4) is 0 Å². The molecular formula is C17H26N2O2. The molecule has 0 radical (unpaired) electrons. The van der Waals surface area contributed by atoms with Crippen LogP contribution in [0.2, 0.25) is 0 Å². The molecule has 4 heteroatoms. The number of anilines is 1. The van der Waals surface area contributed by atoms with Gasteiger partial charge in [-0.2, -0.15) is 0 Å². The largest absolute Gasteiger partial charge is 0.493 e. The van der Waals surface area contributed by atoms with Crippen molar-refractivity contribution in [2.75, 3.05) is 18.5 Å². The summed E-state index contributed by atoms with van der Waals surface area (Å²) in [6.45, 7) is 10.3. The minimum absolute atomic E-state index is 0.0954. The average Bonchev–Trinajstić information content (AvgIpc) is 2.42. The molecule has 1 unspecified atom stereocenters. The van der Waals surface area contributed by atoms with Gasteiger partial charge < -0.3 is 15.4 Å². The van der Waals surface area contributed by atoms with Crippen LogP contribution in [0.25, 0.3) is 0 Å². The number of fused-ring (bicyclic) bond motifs is 1. The first-order valence-corrected chi connectivity index (χ1v) is 7.64. The minimum Gasteiger partial charge on any atom is -0.493 e. The number of ether oxygens (including phenoxy) is 1. The normalized spacial score (nSPS) is 16.1. The summed E-state index contributed by atoms with van der Waals surface area (Å²) in [4.78, 5) is 11.3. The number of hydrogen-bond acceptors (Lipinski definition) is 3. The van der Waals surface area contributed by atoms with Crippen molar-refractivity contribution in [3.05, 3.63) is 23.8 Å². The van der Waals surface area contributed by atoms with Crippen LogP contribution in [0.4, 0.5) is 5.69 Å². The van der Waals surface area contributed by atoms with E-state index in [1.165, 1.54) is 0 Å². The van der Waals surface area contributed by atoms with Crippen LogP contribution in [0.15, 0.2) is 18.2 Å². The van der Waals surface area contributed by atoms with E-state index in [0.29, 0.717) is 18.9 Å². The van der Waals surface area contributed by atoms with Gasteiger partial charge in [-0.05, 0) is 51.0 Å². The van der Waals surface area contributed by atoms with Crippen LogP contribution in [0, 0.1) is 5.92 Å². The summed E-state index contributed by atoms with van der Waals surface area (Å²) >= 11 is 0. The molecule has 0 aromatic heterocycles. The Morgan fingerprint density at radius 1 is 1.33 bits per heavy atom. The summed E-state index contributed by atoms with van der Waals surface area (Å²) in [5.74, 6) is 1.42. The van der Waals surface area contributed by atoms with Crippen molar-refractivity contribution in [1.29, 1.82) is 0 Å². The topological polar surface area (TPSA) is 50.4 Å². The van der Waals surface area contributed by atoms with Crippen molar-refractivity contribution >= 4 is 11.6 Å². The Balaban J connectivity index is 1.85. The molecule has 0 fully saturated rings. The quantitative estimate of drug-likeness (QED) is 0.876. The van der Waals surface area contributed by atoms with E-state index in [2.05, 4.69) is 38.3 Å². The van der Waals surface area contributed by atoms with Crippen molar-refractivity contribution in [2.45, 2.75) is 46.1 Å². The molecular weight excluding hydrogens is 264 g/mol. The summed E-state index contributed by atoms with van der Waals surface area (Å²) < 4.78 is 5.87. The van der Waals surface area contributed by atoms with E-state index in [1.54, 1.807) is 0 Å². The number of aryl methyl sites for hydroxylation is 1. The van der Waals surface area contributed by atoms with E-state index in [-0.39, 0.29) is 11.4 Å². The number of benzene rings is 1. The van der Waals surface area contributed by atoms with Gasteiger partial charge in [-0.25, -0.2) is 0 Å². The predicted molar refractivity (Wildman–Crippen MR) is 85.8 cm³/mol. The Morgan fingerprint density at radius 3 is 2.81 bits per heavy atom. The van der Waals surface area contributed by atoms with E-state index in [1.807, 2.05) is 18.2 Å². The second-order valence-electron chi connectivity index (χ2n) is 6.91. The van der Waals surface area contributed by atoms with Gasteiger partial charge in [-0.15, -0.1) is 0 Å². The van der Waals surface area contributed by atoms with E-state index >= 15 is 0 Å². The SMILES string of the molecule is CC(CNC(C)(C)C)COc1ccc2c(c1)CCC(=O)N2. The smallest absolute Gasteiger partial charge is 0.224 e. The third kappa shape index (κ3) is 5.05. The first-order chi connectivity index (χ1) is 9.83. The molecule has 1 atom stereocenters. The van der Waals surface area contributed by atoms with Crippen LogP contribution >= 0.6 is 0 Å². The fraction of sp³-hybridized carbons (Fsp3) is 0.588. The van der Waals surface area contributed by atoms with Gasteiger partial charge in [0.15, 0.2) is 0 Å². The van der Waals surface area contributed by atoms with E-state index in [9.17, 15) is 4.79 Å². The molecule has 1 aromatic rings. The monoisotopic (exact) mass is 290 g/mol. The molecule has 4 nitrogen and oxygen atoms in total. The van der Waals surface area contributed by atoms with Crippen LogP contribution in [-0.4, -0.2) is 24.6 Å². The molecule has 0 spiro atoms. The van der Waals surface area contributed by atoms with Crippen LogP contribution in [-0.2, 0) is 11.2 Å². The predicted octanol–water partition coefficient (Wildman–Crippen LogP) is 2.97. The zero-order chi connectivity index (χ0) is 15.5. The number of nitrogens with one attached hydrogen (secondary N) is 2. The van der Waals surface area contributed by atoms with Gasteiger partial charge >= 0.3 is 0 Å². The molecule has 0 saturated carbocycles. The second kappa shape index (κ2) is 6.48. The fourth-order valence-electron chi connectivity index (χ4n) is 2.23. The summed E-state index contributed by atoms with van der Waals surface area (Å²) in [6, 6.07) is 5.90. The van der Waals surface area contributed by atoms with Gasteiger partial charge in [-0.1, -0.05) is 6.92 Å². The van der Waals surface area contributed by atoms with Crippen molar-refractivity contribution in [3.8, 4) is 5.75 Å². The highest BCUT2D eigenvalue weighted by molar-refractivity contribution is 5.93. The lowest BCUT2D eigenvalue weighted by Gasteiger charge is -2.23. The third-order valence-corrected chi connectivity index (χ3v) is 3.49. The Morgan fingerprint density at radius 2 is 2.10 bits per heavy atom. The maximum absolute atomic E-state index is 11.3. The van der Waals surface area contributed by atoms with Gasteiger partial charge in [-0.3, -0.25) is 4.79 Å². The fourth-order valence-corrected chi connectivity index (χ4v) is 2.23. The molecule has 2 rings (SSSR count). The second-order valence-corrected chi connectivity index (χ2v) is 6.91. The maximum atomic E-state index is 11.3. The zero-order valence-corrected chi connectivity index (χ0v) is 13.5. The van der Waals surface area contributed by atoms with Gasteiger partial charge in [0.05, 0.1) is 6.61 Å². The Labute approximate surface area is 127 Å². The lowest BCUT2D eigenvalue weighted by Crippen LogP contribution is -2.39. The molecule has 1 aliphatic heterocycles. The van der Waals surface area contributed by atoms with Crippen molar-refractivity contribution in [3.63, 3.8) is 0 Å². The average molecular weight is 290 g/mol. The number of carbonyl (C=O) groups excluding carboxylic acids is 1. The van der Waals surface area contributed by atoms with Gasteiger partial charge in [0.25, 0.3) is 0 Å². The van der Waals surface area contributed by atoms with E-state index in [4.69, 9.17) is 4.74 Å².